The van der Waals surface area contributed by atoms with Crippen LogP contribution in [0, 0.1) is 23.7 Å². The van der Waals surface area contributed by atoms with Gasteiger partial charge >= 0.3 is 0 Å². The number of amides is 2. The molecule has 2 aromatic rings. The molecule has 2 N–H and O–H groups in total. The zero-order valence-corrected chi connectivity index (χ0v) is 19.8. The molecular weight excluding hydrogens is 444 g/mol. The van der Waals surface area contributed by atoms with Crippen LogP contribution >= 0.6 is 0 Å². The smallest absolute Gasteiger partial charge is 0.258 e. The second-order valence-corrected chi connectivity index (χ2v) is 10.6. The third-order valence-corrected chi connectivity index (χ3v) is 8.54. The van der Waals surface area contributed by atoms with Gasteiger partial charge in [0.1, 0.15) is 0 Å². The maximum Gasteiger partial charge on any atom is 0.258 e. The second kappa shape index (κ2) is 8.90. The Hall–Kier alpha value is -3.00. The van der Waals surface area contributed by atoms with Gasteiger partial charge in [0.15, 0.2) is 0 Å². The normalized spacial score (nSPS) is 27.6. The Bertz CT molecular complexity index is 1190. The van der Waals surface area contributed by atoms with Gasteiger partial charge in [0.2, 0.25) is 11.8 Å². The molecule has 3 fully saturated rings. The largest absolute Gasteiger partial charge is 0.396 e. The van der Waals surface area contributed by atoms with Crippen molar-refractivity contribution < 1.29 is 14.7 Å². The van der Waals surface area contributed by atoms with E-state index in [1.807, 2.05) is 17.0 Å². The van der Waals surface area contributed by atoms with Crippen LogP contribution in [0.2, 0.25) is 0 Å². The van der Waals surface area contributed by atoms with Crippen LogP contribution in [0.4, 0.5) is 0 Å². The van der Waals surface area contributed by atoms with E-state index in [2.05, 4.69) is 10.3 Å². The van der Waals surface area contributed by atoms with Crippen molar-refractivity contribution in [3.05, 3.63) is 52.7 Å². The molecule has 2 aliphatic heterocycles. The summed E-state index contributed by atoms with van der Waals surface area (Å²) in [4.78, 5) is 46.9. The number of carbonyl (C=O) groups excluding carboxylic acids is 2. The monoisotopic (exact) mass is 476 g/mol. The van der Waals surface area contributed by atoms with Crippen LogP contribution < -0.4 is 10.9 Å². The Kier molecular flexibility index (Phi) is 5.71. The van der Waals surface area contributed by atoms with E-state index in [0.29, 0.717) is 23.7 Å². The zero-order chi connectivity index (χ0) is 24.1. The van der Waals surface area contributed by atoms with Gasteiger partial charge in [0, 0.05) is 60.7 Å². The molecule has 35 heavy (non-hydrogen) atoms. The first-order valence-corrected chi connectivity index (χ1v) is 12.9. The molecule has 2 bridgehead atoms. The van der Waals surface area contributed by atoms with E-state index in [4.69, 9.17) is 0 Å². The van der Waals surface area contributed by atoms with Gasteiger partial charge in [-0.3, -0.25) is 19.4 Å². The maximum atomic E-state index is 13.8. The first kappa shape index (κ1) is 22.5. The number of rotatable bonds is 6. The fourth-order valence-corrected chi connectivity index (χ4v) is 6.52. The van der Waals surface area contributed by atoms with Gasteiger partial charge in [-0.1, -0.05) is 18.9 Å². The number of aliphatic hydroxyl groups is 1. The average Bonchev–Trinajstić information content (AvgIpc) is 3.48. The number of nitrogens with zero attached hydrogens (tertiary/aromatic N) is 3. The fraction of sp³-hybridized carbons (Fsp3) is 0.556. The van der Waals surface area contributed by atoms with Gasteiger partial charge in [-0.15, -0.1) is 0 Å². The van der Waals surface area contributed by atoms with E-state index in [-0.39, 0.29) is 42.5 Å². The highest BCUT2D eigenvalue weighted by Crippen LogP contribution is 2.50. The Labute approximate surface area is 204 Å². The van der Waals surface area contributed by atoms with Gasteiger partial charge in [-0.25, -0.2) is 0 Å². The summed E-state index contributed by atoms with van der Waals surface area (Å²) in [7, 11) is 0. The van der Waals surface area contributed by atoms with Gasteiger partial charge in [-0.2, -0.15) is 0 Å². The highest BCUT2D eigenvalue weighted by molar-refractivity contribution is 5.85. The van der Waals surface area contributed by atoms with Crippen molar-refractivity contribution in [2.75, 3.05) is 13.2 Å². The first-order valence-electron chi connectivity index (χ1n) is 12.9. The molecule has 0 aromatic carbocycles. The summed E-state index contributed by atoms with van der Waals surface area (Å²) in [6.07, 6.45) is 9.40. The standard InChI is InChI=1S/C27H32N4O4/c32-15-20-22-14-30-21(10-9-19(27(30)35)18-6-3-11-28-13-18)24(23(20)25(33)29-12-16-7-8-16)31(22)26(34)17-4-1-2-5-17/h3,6,9-11,13,16-17,20,22-24,32H,1-2,4-5,7-8,12,14-15H2,(H,29,33)/t20-,22-,23+,24+/m1/s1. The topological polar surface area (TPSA) is 105 Å². The van der Waals surface area contributed by atoms with E-state index in [9.17, 15) is 19.5 Å². The van der Waals surface area contributed by atoms with Crippen LogP contribution in [-0.4, -0.2) is 50.6 Å². The minimum Gasteiger partial charge on any atom is -0.396 e. The molecule has 4 aliphatic rings. The Morgan fingerprint density at radius 3 is 2.60 bits per heavy atom. The van der Waals surface area contributed by atoms with E-state index in [1.165, 1.54) is 0 Å². The van der Waals surface area contributed by atoms with Gasteiger partial charge in [0.25, 0.3) is 5.56 Å². The number of nitrogens with one attached hydrogen (secondary N) is 1. The molecule has 0 radical (unpaired) electrons. The average molecular weight is 477 g/mol. The SMILES string of the molecule is O=C(NCC1CC1)[C@H]1[C@H](CO)[C@H]2Cn3c(ccc(-c4cccnc4)c3=O)[C@@H]1N2C(=O)C1CCCC1. The Morgan fingerprint density at radius 2 is 1.91 bits per heavy atom. The lowest BCUT2D eigenvalue weighted by Gasteiger charge is -2.39. The molecule has 6 rings (SSSR count). The molecule has 1 saturated heterocycles. The lowest BCUT2D eigenvalue weighted by molar-refractivity contribution is -0.141. The minimum atomic E-state index is -0.577. The Balaban J connectivity index is 1.43. The third-order valence-electron chi connectivity index (χ3n) is 8.54. The van der Waals surface area contributed by atoms with Gasteiger partial charge < -0.3 is 19.9 Å². The molecule has 4 atom stereocenters. The molecule has 184 valence electrons. The maximum absolute atomic E-state index is 13.8. The number of aromatic nitrogens is 2. The van der Waals surface area contributed by atoms with E-state index in [0.717, 1.165) is 44.1 Å². The van der Waals surface area contributed by atoms with Crippen LogP contribution in [0.25, 0.3) is 11.1 Å². The van der Waals surface area contributed by atoms with Crippen molar-refractivity contribution in [2.45, 2.75) is 57.2 Å². The predicted molar refractivity (Wildman–Crippen MR) is 129 cm³/mol. The van der Waals surface area contributed by atoms with E-state index < -0.39 is 17.9 Å². The van der Waals surface area contributed by atoms with Crippen LogP contribution in [-0.2, 0) is 16.1 Å². The first-order chi connectivity index (χ1) is 17.1. The molecule has 2 aliphatic carbocycles. The van der Waals surface area contributed by atoms with Crippen molar-refractivity contribution in [3.63, 3.8) is 0 Å². The lowest BCUT2D eigenvalue weighted by atomic mass is 9.86. The number of hydrogen-bond acceptors (Lipinski definition) is 5. The van der Waals surface area contributed by atoms with Crippen molar-refractivity contribution in [1.82, 2.24) is 19.8 Å². The van der Waals surface area contributed by atoms with Crippen LogP contribution in [0.3, 0.4) is 0 Å². The third kappa shape index (κ3) is 3.78. The summed E-state index contributed by atoms with van der Waals surface area (Å²) in [5.74, 6) is -0.549. The highest BCUT2D eigenvalue weighted by Gasteiger charge is 2.58. The number of pyridine rings is 2. The van der Waals surface area contributed by atoms with Crippen LogP contribution in [0.15, 0.2) is 41.5 Å². The number of hydrogen-bond donors (Lipinski definition) is 2. The quantitative estimate of drug-likeness (QED) is 0.665. The minimum absolute atomic E-state index is 0.0412. The molecule has 4 heterocycles. The number of fused-ring (bicyclic) bond motifs is 4. The molecule has 2 aromatic heterocycles. The summed E-state index contributed by atoms with van der Waals surface area (Å²) in [5, 5.41) is 13.5. The fourth-order valence-electron chi connectivity index (χ4n) is 6.52. The predicted octanol–water partition coefficient (Wildman–Crippen LogP) is 2.12. The zero-order valence-electron chi connectivity index (χ0n) is 19.8. The molecule has 8 heteroatoms. The molecule has 8 nitrogen and oxygen atoms in total. The molecular formula is C27H32N4O4. The van der Waals surface area contributed by atoms with E-state index in [1.54, 1.807) is 29.1 Å². The number of carbonyl (C=O) groups is 2. The molecule has 0 unspecified atom stereocenters. The second-order valence-electron chi connectivity index (χ2n) is 10.6. The van der Waals surface area contributed by atoms with Crippen molar-refractivity contribution in [1.29, 1.82) is 0 Å². The van der Waals surface area contributed by atoms with Gasteiger partial charge in [-0.05, 0) is 49.8 Å². The van der Waals surface area contributed by atoms with Crippen LogP contribution in [0.5, 0.6) is 0 Å². The van der Waals surface area contributed by atoms with Gasteiger partial charge in [0.05, 0.1) is 18.0 Å². The van der Waals surface area contributed by atoms with Crippen molar-refractivity contribution in [2.24, 2.45) is 23.7 Å². The highest BCUT2D eigenvalue weighted by atomic mass is 16.3. The van der Waals surface area contributed by atoms with Crippen LogP contribution in [0.1, 0.15) is 50.3 Å². The van der Waals surface area contributed by atoms with Crippen molar-refractivity contribution >= 4 is 11.8 Å². The van der Waals surface area contributed by atoms with Crippen molar-refractivity contribution in [3.8, 4) is 11.1 Å². The van der Waals surface area contributed by atoms with E-state index >= 15 is 0 Å². The Morgan fingerprint density at radius 1 is 1.11 bits per heavy atom. The summed E-state index contributed by atoms with van der Waals surface area (Å²) in [6, 6.07) is 6.40. The summed E-state index contributed by atoms with van der Waals surface area (Å²) in [6.45, 7) is 0.721. The molecule has 2 saturated carbocycles. The number of aliphatic hydroxyl groups excluding tert-OH is 1. The summed E-state index contributed by atoms with van der Waals surface area (Å²) >= 11 is 0. The summed E-state index contributed by atoms with van der Waals surface area (Å²) < 4.78 is 1.73. The molecule has 2 amide bonds. The lowest BCUT2D eigenvalue weighted by Crippen LogP contribution is -2.50. The summed E-state index contributed by atoms with van der Waals surface area (Å²) in [5.41, 5.74) is 1.83. The molecule has 0 spiro atoms.